The first-order valence-corrected chi connectivity index (χ1v) is 5.48. The number of H-pyrrole nitrogens is 1. The standard InChI is InChI=1S/C11H11F4N3O/c12-7-1-2-8-9(5-7)18-10(17-8)16-3-4-19-6-11(13,14)15/h1-2,5H,3-4,6H2,(H2,16,17,18). The molecule has 0 aliphatic carbocycles. The summed E-state index contributed by atoms with van der Waals surface area (Å²) in [5, 5.41) is 2.76. The zero-order valence-corrected chi connectivity index (χ0v) is 9.72. The van der Waals surface area contributed by atoms with Crippen LogP contribution in [0.5, 0.6) is 0 Å². The molecule has 0 aliphatic heterocycles. The van der Waals surface area contributed by atoms with Gasteiger partial charge in [-0.15, -0.1) is 0 Å². The molecule has 2 rings (SSSR count). The molecule has 0 amide bonds. The first-order valence-electron chi connectivity index (χ1n) is 5.48. The Bertz CT molecular complexity index is 552. The fourth-order valence-electron chi connectivity index (χ4n) is 1.50. The summed E-state index contributed by atoms with van der Waals surface area (Å²) in [6.45, 7) is -1.22. The highest BCUT2D eigenvalue weighted by atomic mass is 19.4. The summed E-state index contributed by atoms with van der Waals surface area (Å²) in [5.74, 6) is -0.0348. The van der Waals surface area contributed by atoms with Crippen LogP contribution in [0.25, 0.3) is 11.0 Å². The van der Waals surface area contributed by atoms with Crippen molar-refractivity contribution in [3.63, 3.8) is 0 Å². The number of rotatable bonds is 5. The molecule has 0 aliphatic rings. The fourth-order valence-corrected chi connectivity index (χ4v) is 1.50. The molecule has 19 heavy (non-hydrogen) atoms. The molecule has 0 radical (unpaired) electrons. The number of alkyl halides is 3. The maximum atomic E-state index is 12.9. The number of aromatic amines is 1. The minimum atomic E-state index is -4.32. The van der Waals surface area contributed by atoms with E-state index in [1.807, 2.05) is 0 Å². The van der Waals surface area contributed by atoms with Gasteiger partial charge in [0.15, 0.2) is 0 Å². The number of fused-ring (bicyclic) bond motifs is 1. The lowest BCUT2D eigenvalue weighted by Crippen LogP contribution is -2.20. The molecule has 2 aromatic rings. The number of nitrogens with one attached hydrogen (secondary N) is 2. The van der Waals surface area contributed by atoms with Crippen LogP contribution >= 0.6 is 0 Å². The van der Waals surface area contributed by atoms with Crippen LogP contribution in [-0.2, 0) is 4.74 Å². The molecule has 0 spiro atoms. The summed E-state index contributed by atoms with van der Waals surface area (Å²) in [6, 6.07) is 4.07. The van der Waals surface area contributed by atoms with Gasteiger partial charge in [-0.05, 0) is 18.2 Å². The smallest absolute Gasteiger partial charge is 0.370 e. The van der Waals surface area contributed by atoms with Crippen molar-refractivity contribution in [1.29, 1.82) is 0 Å². The van der Waals surface area contributed by atoms with E-state index in [-0.39, 0.29) is 13.2 Å². The summed E-state index contributed by atoms with van der Waals surface area (Å²) in [6.07, 6.45) is -4.32. The largest absolute Gasteiger partial charge is 0.411 e. The molecule has 2 N–H and O–H groups in total. The van der Waals surface area contributed by atoms with Gasteiger partial charge in [0.2, 0.25) is 5.95 Å². The number of nitrogens with zero attached hydrogens (tertiary/aromatic N) is 1. The SMILES string of the molecule is Fc1ccc2nc(NCCOCC(F)(F)F)[nH]c2c1. The zero-order valence-electron chi connectivity index (χ0n) is 9.72. The van der Waals surface area contributed by atoms with E-state index in [0.717, 1.165) is 0 Å². The van der Waals surface area contributed by atoms with Crippen molar-refractivity contribution in [1.82, 2.24) is 9.97 Å². The number of hydrogen-bond donors (Lipinski definition) is 2. The quantitative estimate of drug-likeness (QED) is 0.652. The van der Waals surface area contributed by atoms with Crippen LogP contribution in [0.15, 0.2) is 18.2 Å². The highest BCUT2D eigenvalue weighted by molar-refractivity contribution is 5.77. The first kappa shape index (κ1) is 13.6. The van der Waals surface area contributed by atoms with Crippen LogP contribution in [-0.4, -0.2) is 35.9 Å². The lowest BCUT2D eigenvalue weighted by atomic mass is 10.3. The molecule has 0 bridgehead atoms. The van der Waals surface area contributed by atoms with E-state index in [0.29, 0.717) is 17.0 Å². The molecule has 1 aromatic carbocycles. The lowest BCUT2D eigenvalue weighted by Gasteiger charge is -2.07. The Kier molecular flexibility index (Phi) is 3.89. The zero-order chi connectivity index (χ0) is 13.9. The number of ether oxygens (including phenoxy) is 1. The Morgan fingerprint density at radius 3 is 2.84 bits per heavy atom. The maximum absolute atomic E-state index is 12.9. The third kappa shape index (κ3) is 4.09. The van der Waals surface area contributed by atoms with Crippen LogP contribution in [0.2, 0.25) is 0 Å². The van der Waals surface area contributed by atoms with Crippen LogP contribution in [0.4, 0.5) is 23.5 Å². The molecule has 1 heterocycles. The molecular formula is C11H11F4N3O. The molecule has 0 saturated carbocycles. The second-order valence-corrected chi connectivity index (χ2v) is 3.84. The van der Waals surface area contributed by atoms with E-state index in [1.54, 1.807) is 0 Å². The van der Waals surface area contributed by atoms with Crippen molar-refractivity contribution in [2.45, 2.75) is 6.18 Å². The van der Waals surface area contributed by atoms with Gasteiger partial charge in [0, 0.05) is 6.54 Å². The van der Waals surface area contributed by atoms with Gasteiger partial charge in [0.25, 0.3) is 0 Å². The minimum absolute atomic E-state index is 0.106. The fraction of sp³-hybridized carbons (Fsp3) is 0.364. The normalized spacial score (nSPS) is 12.0. The molecule has 8 heteroatoms. The lowest BCUT2D eigenvalue weighted by molar-refractivity contribution is -0.172. The van der Waals surface area contributed by atoms with Crippen molar-refractivity contribution in [2.75, 3.05) is 25.1 Å². The Balaban J connectivity index is 1.82. The van der Waals surface area contributed by atoms with Gasteiger partial charge in [0.1, 0.15) is 12.4 Å². The molecule has 0 saturated heterocycles. The van der Waals surface area contributed by atoms with E-state index in [4.69, 9.17) is 0 Å². The third-order valence-electron chi connectivity index (χ3n) is 2.25. The van der Waals surface area contributed by atoms with Crippen molar-refractivity contribution < 1.29 is 22.3 Å². The molecule has 0 atom stereocenters. The monoisotopic (exact) mass is 277 g/mol. The number of halogens is 4. The van der Waals surface area contributed by atoms with Gasteiger partial charge in [0.05, 0.1) is 17.6 Å². The molecule has 0 fully saturated rings. The average molecular weight is 277 g/mol. The summed E-state index contributed by atoms with van der Waals surface area (Å²) in [7, 11) is 0. The van der Waals surface area contributed by atoms with Crippen molar-refractivity contribution >= 4 is 17.0 Å². The van der Waals surface area contributed by atoms with Gasteiger partial charge >= 0.3 is 6.18 Å². The summed E-state index contributed by atoms with van der Waals surface area (Å²) >= 11 is 0. The van der Waals surface area contributed by atoms with Crippen LogP contribution < -0.4 is 5.32 Å². The van der Waals surface area contributed by atoms with Crippen LogP contribution in [0.1, 0.15) is 0 Å². The third-order valence-corrected chi connectivity index (χ3v) is 2.25. The van der Waals surface area contributed by atoms with Gasteiger partial charge < -0.3 is 15.0 Å². The maximum Gasteiger partial charge on any atom is 0.411 e. The second-order valence-electron chi connectivity index (χ2n) is 3.84. The molecule has 0 unspecified atom stereocenters. The highest BCUT2D eigenvalue weighted by Gasteiger charge is 2.27. The first-order chi connectivity index (χ1) is 8.94. The van der Waals surface area contributed by atoms with Crippen molar-refractivity contribution in [2.24, 2.45) is 0 Å². The highest BCUT2D eigenvalue weighted by Crippen LogP contribution is 2.16. The number of anilines is 1. The number of imidazole rings is 1. The Morgan fingerprint density at radius 2 is 2.11 bits per heavy atom. The van der Waals surface area contributed by atoms with Gasteiger partial charge in [-0.25, -0.2) is 9.37 Å². The number of aromatic nitrogens is 2. The summed E-state index contributed by atoms with van der Waals surface area (Å²) < 4.78 is 52.7. The number of hydrogen-bond acceptors (Lipinski definition) is 3. The van der Waals surface area contributed by atoms with Crippen molar-refractivity contribution in [3.8, 4) is 0 Å². The molecule has 4 nitrogen and oxygen atoms in total. The van der Waals surface area contributed by atoms with Crippen molar-refractivity contribution in [3.05, 3.63) is 24.0 Å². The molecule has 1 aromatic heterocycles. The Labute approximate surface area is 105 Å². The van der Waals surface area contributed by atoms with E-state index >= 15 is 0 Å². The second kappa shape index (κ2) is 5.43. The topological polar surface area (TPSA) is 49.9 Å². The summed E-state index contributed by atoms with van der Waals surface area (Å²) in [5.41, 5.74) is 1.08. The van der Waals surface area contributed by atoms with E-state index in [9.17, 15) is 17.6 Å². The van der Waals surface area contributed by atoms with Gasteiger partial charge in [-0.1, -0.05) is 0 Å². The molecule has 104 valence electrons. The van der Waals surface area contributed by atoms with E-state index in [2.05, 4.69) is 20.0 Å². The van der Waals surface area contributed by atoms with E-state index < -0.39 is 18.6 Å². The number of benzene rings is 1. The summed E-state index contributed by atoms with van der Waals surface area (Å²) in [4.78, 5) is 6.89. The predicted octanol–water partition coefficient (Wildman–Crippen LogP) is 2.69. The van der Waals surface area contributed by atoms with Crippen LogP contribution in [0, 0.1) is 5.82 Å². The average Bonchev–Trinajstić information content (AvgIpc) is 2.68. The van der Waals surface area contributed by atoms with Gasteiger partial charge in [-0.3, -0.25) is 0 Å². The molecular weight excluding hydrogens is 266 g/mol. The Morgan fingerprint density at radius 1 is 1.32 bits per heavy atom. The van der Waals surface area contributed by atoms with Crippen LogP contribution in [0.3, 0.4) is 0 Å². The van der Waals surface area contributed by atoms with E-state index in [1.165, 1.54) is 18.2 Å². The minimum Gasteiger partial charge on any atom is -0.370 e. The Hall–Kier alpha value is -1.83. The predicted molar refractivity (Wildman–Crippen MR) is 61.4 cm³/mol. The van der Waals surface area contributed by atoms with Gasteiger partial charge in [-0.2, -0.15) is 13.2 Å².